The van der Waals surface area contributed by atoms with Crippen LogP contribution in [0.15, 0.2) is 48.5 Å². The van der Waals surface area contributed by atoms with Gasteiger partial charge in [0.2, 0.25) is 5.91 Å². The number of hydrogen-bond acceptors (Lipinski definition) is 4. The molecule has 2 aromatic rings. The molecule has 0 saturated heterocycles. The van der Waals surface area contributed by atoms with Gasteiger partial charge in [-0.05, 0) is 47.3 Å². The third-order valence-corrected chi connectivity index (χ3v) is 4.46. The minimum Gasteiger partial charge on any atom is -0.497 e. The first-order valence-electron chi connectivity index (χ1n) is 7.89. The summed E-state index contributed by atoms with van der Waals surface area (Å²) in [6.07, 6.45) is 2.71. The van der Waals surface area contributed by atoms with E-state index in [1.165, 1.54) is 0 Å². The Labute approximate surface area is 147 Å². The van der Waals surface area contributed by atoms with Gasteiger partial charge in [0.25, 0.3) is 0 Å². The third-order valence-electron chi connectivity index (χ3n) is 3.81. The highest BCUT2D eigenvalue weighted by atomic mass is 32.2. The van der Waals surface area contributed by atoms with E-state index in [-0.39, 0.29) is 5.91 Å². The maximum Gasteiger partial charge on any atom is 0.237 e. The van der Waals surface area contributed by atoms with E-state index in [9.17, 15) is 4.79 Å². The van der Waals surface area contributed by atoms with Crippen LogP contribution in [0.1, 0.15) is 12.0 Å². The van der Waals surface area contributed by atoms with Crippen molar-refractivity contribution < 1.29 is 9.53 Å². The van der Waals surface area contributed by atoms with Crippen LogP contribution in [0.5, 0.6) is 5.75 Å². The van der Waals surface area contributed by atoms with Crippen LogP contribution in [0.2, 0.25) is 0 Å². The van der Waals surface area contributed by atoms with Crippen LogP contribution < -0.4 is 15.8 Å². The SMILES string of the molecule is COc1ccc(-c2ccc(CNC(=O)[C@@H](N)CCSC)cc2)cc1. The zero-order valence-electron chi connectivity index (χ0n) is 14.1. The molecule has 5 heteroatoms. The molecule has 0 fully saturated rings. The molecule has 0 unspecified atom stereocenters. The van der Waals surface area contributed by atoms with Gasteiger partial charge in [0.05, 0.1) is 13.2 Å². The Kier molecular flexibility index (Phi) is 7.15. The molecule has 0 spiro atoms. The molecule has 0 saturated carbocycles. The first kappa shape index (κ1) is 18.4. The number of carbonyl (C=O) groups is 1. The number of benzene rings is 2. The van der Waals surface area contributed by atoms with Crippen molar-refractivity contribution in [3.8, 4) is 16.9 Å². The number of methoxy groups -OCH3 is 1. The summed E-state index contributed by atoms with van der Waals surface area (Å²) in [6.45, 7) is 0.495. The number of ether oxygens (including phenoxy) is 1. The molecule has 0 heterocycles. The summed E-state index contributed by atoms with van der Waals surface area (Å²) in [7, 11) is 1.66. The van der Waals surface area contributed by atoms with Gasteiger partial charge in [-0.25, -0.2) is 0 Å². The number of nitrogens with two attached hydrogens (primary N) is 1. The second kappa shape index (κ2) is 9.35. The number of hydrogen-bond donors (Lipinski definition) is 2. The molecule has 0 aliphatic carbocycles. The van der Waals surface area contributed by atoms with E-state index in [1.807, 2.05) is 42.7 Å². The molecule has 128 valence electrons. The summed E-state index contributed by atoms with van der Waals surface area (Å²) in [4.78, 5) is 11.9. The fraction of sp³-hybridized carbons (Fsp3) is 0.316. The fourth-order valence-electron chi connectivity index (χ4n) is 2.29. The van der Waals surface area contributed by atoms with E-state index in [1.54, 1.807) is 18.9 Å². The van der Waals surface area contributed by atoms with Crippen molar-refractivity contribution in [2.75, 3.05) is 19.1 Å². The maximum absolute atomic E-state index is 11.9. The predicted molar refractivity (Wildman–Crippen MR) is 101 cm³/mol. The molecule has 0 aromatic heterocycles. The first-order valence-corrected chi connectivity index (χ1v) is 9.29. The summed E-state index contributed by atoms with van der Waals surface area (Å²) in [5.41, 5.74) is 9.17. The van der Waals surface area contributed by atoms with Gasteiger partial charge in [0.1, 0.15) is 5.75 Å². The Balaban J connectivity index is 1.90. The second-order valence-corrected chi connectivity index (χ2v) is 6.52. The van der Waals surface area contributed by atoms with Crippen LogP contribution >= 0.6 is 11.8 Å². The molecule has 0 bridgehead atoms. The number of thioether (sulfide) groups is 1. The smallest absolute Gasteiger partial charge is 0.237 e. The standard InChI is InChI=1S/C19H24N2O2S/c1-23-17-9-7-16(8-10-17)15-5-3-14(4-6-15)13-21-19(22)18(20)11-12-24-2/h3-10,18H,11-13,20H2,1-2H3,(H,21,22)/t18-/m0/s1. The molecule has 3 N–H and O–H groups in total. The van der Waals surface area contributed by atoms with Crippen LogP contribution in [-0.4, -0.2) is 31.1 Å². The average molecular weight is 344 g/mol. The average Bonchev–Trinajstić information content (AvgIpc) is 2.64. The number of amides is 1. The van der Waals surface area contributed by atoms with E-state index in [0.29, 0.717) is 13.0 Å². The van der Waals surface area contributed by atoms with Crippen molar-refractivity contribution in [1.29, 1.82) is 0 Å². The molecule has 4 nitrogen and oxygen atoms in total. The zero-order valence-corrected chi connectivity index (χ0v) is 14.9. The van der Waals surface area contributed by atoms with E-state index in [2.05, 4.69) is 17.4 Å². The van der Waals surface area contributed by atoms with Crippen LogP contribution in [0.25, 0.3) is 11.1 Å². The lowest BCUT2D eigenvalue weighted by Crippen LogP contribution is -2.40. The molecular formula is C19H24N2O2S. The summed E-state index contributed by atoms with van der Waals surface area (Å²) in [6, 6.07) is 15.7. The van der Waals surface area contributed by atoms with Crippen LogP contribution in [-0.2, 0) is 11.3 Å². The molecule has 2 aromatic carbocycles. The lowest BCUT2D eigenvalue weighted by atomic mass is 10.0. The lowest BCUT2D eigenvalue weighted by molar-refractivity contribution is -0.122. The van der Waals surface area contributed by atoms with E-state index in [4.69, 9.17) is 10.5 Å². The van der Waals surface area contributed by atoms with Gasteiger partial charge in [-0.1, -0.05) is 36.4 Å². The van der Waals surface area contributed by atoms with Crippen molar-refractivity contribution in [2.45, 2.75) is 19.0 Å². The number of nitrogens with one attached hydrogen (secondary N) is 1. The molecule has 24 heavy (non-hydrogen) atoms. The van der Waals surface area contributed by atoms with E-state index < -0.39 is 6.04 Å². The topological polar surface area (TPSA) is 64.3 Å². The monoisotopic (exact) mass is 344 g/mol. The van der Waals surface area contributed by atoms with Gasteiger partial charge in [-0.2, -0.15) is 11.8 Å². The van der Waals surface area contributed by atoms with Gasteiger partial charge >= 0.3 is 0 Å². The zero-order chi connectivity index (χ0) is 17.4. The van der Waals surface area contributed by atoms with Crippen molar-refractivity contribution in [2.24, 2.45) is 5.73 Å². The Morgan fingerprint density at radius 1 is 1.12 bits per heavy atom. The fourth-order valence-corrected chi connectivity index (χ4v) is 2.78. The summed E-state index contributed by atoms with van der Waals surface area (Å²) < 4.78 is 5.17. The van der Waals surface area contributed by atoms with Crippen molar-refractivity contribution in [3.05, 3.63) is 54.1 Å². The molecule has 2 rings (SSSR count). The number of rotatable bonds is 8. The Bertz CT molecular complexity index is 641. The van der Waals surface area contributed by atoms with Crippen LogP contribution in [0.4, 0.5) is 0 Å². The summed E-state index contributed by atoms with van der Waals surface area (Å²) in [5, 5.41) is 2.89. The third kappa shape index (κ3) is 5.28. The van der Waals surface area contributed by atoms with Crippen LogP contribution in [0.3, 0.4) is 0 Å². The first-order chi connectivity index (χ1) is 11.6. The van der Waals surface area contributed by atoms with Gasteiger partial charge in [-0.3, -0.25) is 4.79 Å². The quantitative estimate of drug-likeness (QED) is 0.772. The Hall–Kier alpha value is -1.98. The maximum atomic E-state index is 11.9. The van der Waals surface area contributed by atoms with E-state index in [0.717, 1.165) is 28.2 Å². The second-order valence-electron chi connectivity index (χ2n) is 5.53. The predicted octanol–water partition coefficient (Wildman–Crippen LogP) is 3.06. The molecule has 1 amide bonds. The van der Waals surface area contributed by atoms with Gasteiger partial charge in [0.15, 0.2) is 0 Å². The summed E-state index contributed by atoms with van der Waals surface area (Å²) in [5.74, 6) is 1.64. The highest BCUT2D eigenvalue weighted by Crippen LogP contribution is 2.22. The van der Waals surface area contributed by atoms with Crippen LogP contribution in [0, 0.1) is 0 Å². The van der Waals surface area contributed by atoms with Crippen molar-refractivity contribution in [1.82, 2.24) is 5.32 Å². The van der Waals surface area contributed by atoms with Crippen molar-refractivity contribution >= 4 is 17.7 Å². The molecular weight excluding hydrogens is 320 g/mol. The number of carbonyl (C=O) groups excluding carboxylic acids is 1. The van der Waals surface area contributed by atoms with Gasteiger partial charge in [0, 0.05) is 6.54 Å². The Morgan fingerprint density at radius 2 is 1.71 bits per heavy atom. The molecule has 0 aliphatic rings. The molecule has 0 aliphatic heterocycles. The Morgan fingerprint density at radius 3 is 2.25 bits per heavy atom. The van der Waals surface area contributed by atoms with Crippen molar-refractivity contribution in [3.63, 3.8) is 0 Å². The largest absolute Gasteiger partial charge is 0.497 e. The van der Waals surface area contributed by atoms with Gasteiger partial charge < -0.3 is 15.8 Å². The minimum absolute atomic E-state index is 0.0942. The molecule has 1 atom stereocenters. The molecule has 0 radical (unpaired) electrons. The normalized spacial score (nSPS) is 11.8. The summed E-state index contributed by atoms with van der Waals surface area (Å²) >= 11 is 1.70. The minimum atomic E-state index is -0.434. The highest BCUT2D eigenvalue weighted by molar-refractivity contribution is 7.98. The van der Waals surface area contributed by atoms with E-state index >= 15 is 0 Å². The van der Waals surface area contributed by atoms with Gasteiger partial charge in [-0.15, -0.1) is 0 Å². The lowest BCUT2D eigenvalue weighted by Gasteiger charge is -2.12. The highest BCUT2D eigenvalue weighted by Gasteiger charge is 2.12.